The van der Waals surface area contributed by atoms with Crippen LogP contribution in [0.1, 0.15) is 12.0 Å². The van der Waals surface area contributed by atoms with E-state index in [9.17, 15) is 4.79 Å². The van der Waals surface area contributed by atoms with E-state index in [-0.39, 0.29) is 5.91 Å². The van der Waals surface area contributed by atoms with E-state index in [1.165, 1.54) is 0 Å². The SMILES string of the molecule is CNC(CCN1CCOCC1)(C(N)=O)c1ccccc1. The third kappa shape index (κ3) is 3.17. The Hall–Kier alpha value is -1.43. The lowest BCUT2D eigenvalue weighted by molar-refractivity contribution is -0.125. The quantitative estimate of drug-likeness (QED) is 0.785. The molecule has 5 nitrogen and oxygen atoms in total. The molecule has 20 heavy (non-hydrogen) atoms. The van der Waals surface area contributed by atoms with Crippen LogP contribution < -0.4 is 11.1 Å². The van der Waals surface area contributed by atoms with Crippen LogP contribution in [0.3, 0.4) is 0 Å². The van der Waals surface area contributed by atoms with Gasteiger partial charge < -0.3 is 15.8 Å². The minimum absolute atomic E-state index is 0.334. The van der Waals surface area contributed by atoms with Gasteiger partial charge in [-0.15, -0.1) is 0 Å². The lowest BCUT2D eigenvalue weighted by Gasteiger charge is -2.34. The van der Waals surface area contributed by atoms with Crippen LogP contribution in [0, 0.1) is 0 Å². The first kappa shape index (κ1) is 15.0. The van der Waals surface area contributed by atoms with Gasteiger partial charge >= 0.3 is 0 Å². The van der Waals surface area contributed by atoms with Crippen LogP contribution in [0.5, 0.6) is 0 Å². The number of morpholine rings is 1. The highest BCUT2D eigenvalue weighted by atomic mass is 16.5. The predicted molar refractivity (Wildman–Crippen MR) is 78.3 cm³/mol. The van der Waals surface area contributed by atoms with Crippen molar-refractivity contribution in [3.8, 4) is 0 Å². The highest BCUT2D eigenvalue weighted by Gasteiger charge is 2.37. The molecule has 5 heteroatoms. The molecule has 3 N–H and O–H groups in total. The molecule has 0 saturated carbocycles. The van der Waals surface area contributed by atoms with Gasteiger partial charge in [-0.2, -0.15) is 0 Å². The van der Waals surface area contributed by atoms with Gasteiger partial charge in [0, 0.05) is 19.6 Å². The second-order valence-corrected chi connectivity index (χ2v) is 5.09. The summed E-state index contributed by atoms with van der Waals surface area (Å²) in [6.45, 7) is 4.16. The van der Waals surface area contributed by atoms with Gasteiger partial charge in [0.15, 0.2) is 0 Å². The van der Waals surface area contributed by atoms with E-state index in [2.05, 4.69) is 10.2 Å². The number of benzene rings is 1. The number of ether oxygens (including phenoxy) is 1. The summed E-state index contributed by atoms with van der Waals surface area (Å²) in [7, 11) is 1.79. The summed E-state index contributed by atoms with van der Waals surface area (Å²) >= 11 is 0. The number of carbonyl (C=O) groups is 1. The fourth-order valence-electron chi connectivity index (χ4n) is 2.68. The number of nitrogens with zero attached hydrogens (tertiary/aromatic N) is 1. The topological polar surface area (TPSA) is 67.6 Å². The minimum atomic E-state index is -0.806. The summed E-state index contributed by atoms with van der Waals surface area (Å²) in [5, 5.41) is 3.14. The molecule has 1 aliphatic heterocycles. The Bertz CT molecular complexity index is 432. The van der Waals surface area contributed by atoms with Crippen LogP contribution in [-0.2, 0) is 15.1 Å². The van der Waals surface area contributed by atoms with Crippen molar-refractivity contribution >= 4 is 5.91 Å². The number of primary amides is 1. The fraction of sp³-hybridized carbons (Fsp3) is 0.533. The Balaban J connectivity index is 2.12. The van der Waals surface area contributed by atoms with E-state index >= 15 is 0 Å². The maximum Gasteiger partial charge on any atom is 0.242 e. The summed E-state index contributed by atoms with van der Waals surface area (Å²) in [5.74, 6) is -0.334. The molecule has 1 atom stereocenters. The first-order chi connectivity index (χ1) is 9.69. The molecule has 0 spiro atoms. The number of rotatable bonds is 6. The molecule has 1 amide bonds. The van der Waals surface area contributed by atoms with Crippen molar-refractivity contribution in [2.45, 2.75) is 12.0 Å². The molecule has 1 saturated heterocycles. The molecule has 0 aromatic heterocycles. The van der Waals surface area contributed by atoms with Gasteiger partial charge in [-0.25, -0.2) is 0 Å². The predicted octanol–water partition coefficient (Wildman–Crippen LogP) is 0.309. The van der Waals surface area contributed by atoms with E-state index in [1.807, 2.05) is 30.3 Å². The highest BCUT2D eigenvalue weighted by molar-refractivity contribution is 5.86. The molecular weight excluding hydrogens is 254 g/mol. The Morgan fingerprint density at radius 1 is 1.35 bits per heavy atom. The van der Waals surface area contributed by atoms with E-state index in [0.29, 0.717) is 6.42 Å². The van der Waals surface area contributed by atoms with Gasteiger partial charge in [0.25, 0.3) is 0 Å². The summed E-state index contributed by atoms with van der Waals surface area (Å²) in [4.78, 5) is 14.3. The van der Waals surface area contributed by atoms with Crippen molar-refractivity contribution in [3.05, 3.63) is 35.9 Å². The molecule has 2 rings (SSSR count). The van der Waals surface area contributed by atoms with Gasteiger partial charge in [-0.05, 0) is 19.0 Å². The molecule has 0 bridgehead atoms. The van der Waals surface area contributed by atoms with Crippen molar-refractivity contribution in [1.82, 2.24) is 10.2 Å². The Labute approximate surface area is 120 Å². The van der Waals surface area contributed by atoms with Crippen molar-refractivity contribution < 1.29 is 9.53 Å². The fourth-order valence-corrected chi connectivity index (χ4v) is 2.68. The lowest BCUT2D eigenvalue weighted by Crippen LogP contribution is -2.53. The minimum Gasteiger partial charge on any atom is -0.379 e. The maximum atomic E-state index is 12.0. The molecule has 0 radical (unpaired) electrons. The number of nitrogens with one attached hydrogen (secondary N) is 1. The number of hydrogen-bond acceptors (Lipinski definition) is 4. The van der Waals surface area contributed by atoms with Crippen molar-refractivity contribution in [3.63, 3.8) is 0 Å². The van der Waals surface area contributed by atoms with E-state index in [0.717, 1.165) is 38.4 Å². The second kappa shape index (κ2) is 6.83. The molecule has 1 unspecified atom stereocenters. The maximum absolute atomic E-state index is 12.0. The van der Waals surface area contributed by atoms with Crippen LogP contribution in [0.25, 0.3) is 0 Å². The number of amides is 1. The van der Waals surface area contributed by atoms with Crippen molar-refractivity contribution in [1.29, 1.82) is 0 Å². The summed E-state index contributed by atoms with van der Waals surface area (Å²) in [6.07, 6.45) is 0.656. The first-order valence-corrected chi connectivity index (χ1v) is 7.03. The number of carbonyl (C=O) groups excluding carboxylic acids is 1. The molecule has 1 heterocycles. The van der Waals surface area contributed by atoms with Gasteiger partial charge in [0.2, 0.25) is 5.91 Å². The second-order valence-electron chi connectivity index (χ2n) is 5.09. The molecule has 1 aliphatic rings. The zero-order chi connectivity index (χ0) is 14.4. The molecular formula is C15H23N3O2. The average Bonchev–Trinajstić information content (AvgIpc) is 2.50. The van der Waals surface area contributed by atoms with Gasteiger partial charge in [-0.3, -0.25) is 9.69 Å². The molecule has 1 aromatic carbocycles. The van der Waals surface area contributed by atoms with Crippen LogP contribution in [-0.4, -0.2) is 50.7 Å². The van der Waals surface area contributed by atoms with Crippen LogP contribution in [0.2, 0.25) is 0 Å². The smallest absolute Gasteiger partial charge is 0.242 e. The van der Waals surface area contributed by atoms with Crippen LogP contribution >= 0.6 is 0 Å². The van der Waals surface area contributed by atoms with Gasteiger partial charge in [-0.1, -0.05) is 30.3 Å². The number of likely N-dealkylation sites (N-methyl/N-ethyl adjacent to an activating group) is 1. The molecule has 110 valence electrons. The monoisotopic (exact) mass is 277 g/mol. The first-order valence-electron chi connectivity index (χ1n) is 7.03. The molecule has 0 aliphatic carbocycles. The van der Waals surface area contributed by atoms with E-state index in [4.69, 9.17) is 10.5 Å². The Morgan fingerprint density at radius 2 is 2.00 bits per heavy atom. The van der Waals surface area contributed by atoms with Crippen LogP contribution in [0.15, 0.2) is 30.3 Å². The molecule has 1 fully saturated rings. The summed E-state index contributed by atoms with van der Waals surface area (Å²) in [5.41, 5.74) is 5.80. The summed E-state index contributed by atoms with van der Waals surface area (Å²) < 4.78 is 5.34. The van der Waals surface area contributed by atoms with E-state index in [1.54, 1.807) is 7.05 Å². The van der Waals surface area contributed by atoms with E-state index < -0.39 is 5.54 Å². The normalized spacial score (nSPS) is 19.4. The third-order valence-electron chi connectivity index (χ3n) is 4.02. The standard InChI is InChI=1S/C15H23N3O2/c1-17-15(14(16)19,13-5-3-2-4-6-13)7-8-18-9-11-20-12-10-18/h2-6,17H,7-12H2,1H3,(H2,16,19). The third-order valence-corrected chi connectivity index (χ3v) is 4.02. The summed E-state index contributed by atoms with van der Waals surface area (Å²) in [6, 6.07) is 9.69. The zero-order valence-electron chi connectivity index (χ0n) is 12.0. The zero-order valence-corrected chi connectivity index (χ0v) is 12.0. The Morgan fingerprint density at radius 3 is 2.55 bits per heavy atom. The van der Waals surface area contributed by atoms with Crippen molar-refractivity contribution in [2.24, 2.45) is 5.73 Å². The number of hydrogen-bond donors (Lipinski definition) is 2. The largest absolute Gasteiger partial charge is 0.379 e. The molecule has 1 aromatic rings. The van der Waals surface area contributed by atoms with Crippen LogP contribution in [0.4, 0.5) is 0 Å². The average molecular weight is 277 g/mol. The highest BCUT2D eigenvalue weighted by Crippen LogP contribution is 2.25. The lowest BCUT2D eigenvalue weighted by atomic mass is 9.85. The number of nitrogens with two attached hydrogens (primary N) is 1. The van der Waals surface area contributed by atoms with Gasteiger partial charge in [0.1, 0.15) is 5.54 Å². The Kier molecular flexibility index (Phi) is 5.11. The van der Waals surface area contributed by atoms with Gasteiger partial charge in [0.05, 0.1) is 13.2 Å². The van der Waals surface area contributed by atoms with Crippen molar-refractivity contribution in [2.75, 3.05) is 39.9 Å².